The molecule has 0 aliphatic heterocycles. The number of imidazole rings is 1. The van der Waals surface area contributed by atoms with Crippen molar-refractivity contribution in [1.82, 2.24) is 9.97 Å². The maximum absolute atomic E-state index is 4.06. The van der Waals surface area contributed by atoms with Gasteiger partial charge < -0.3 is 18.8 Å². The van der Waals surface area contributed by atoms with Gasteiger partial charge in [-0.2, -0.15) is 0 Å². The van der Waals surface area contributed by atoms with Gasteiger partial charge in [0.25, 0.3) is 0 Å². The molecule has 0 aliphatic carbocycles. The second-order valence-corrected chi connectivity index (χ2v) is 1.92. The predicted octanol–water partition coefficient (Wildman–Crippen LogP) is -0.242. The molecular weight excluding hydrogens is 168 g/mol. The van der Waals surface area contributed by atoms with Crippen molar-refractivity contribution in [3.8, 4) is 0 Å². The van der Waals surface area contributed by atoms with Gasteiger partial charge in [-0.05, 0) is 12.1 Å². The van der Waals surface area contributed by atoms with Gasteiger partial charge in [0.15, 0.2) is 0 Å². The van der Waals surface area contributed by atoms with Crippen molar-refractivity contribution in [2.24, 2.45) is 0 Å². The molecule has 5 N–H and O–H groups in total. The van der Waals surface area contributed by atoms with E-state index in [1.807, 2.05) is 24.3 Å². The van der Waals surface area contributed by atoms with Gasteiger partial charge in [-0.1, -0.05) is 12.1 Å². The first-order valence-electron chi connectivity index (χ1n) is 2.85. The third-order valence-corrected chi connectivity index (χ3v) is 1.33. The Kier molecular flexibility index (Phi) is 6.91. The van der Waals surface area contributed by atoms with Crippen LogP contribution in [-0.2, 0) is 0 Å². The second-order valence-electron chi connectivity index (χ2n) is 1.92. The number of H-pyrrole nitrogens is 1. The average molecular weight is 180 g/mol. The summed E-state index contributed by atoms with van der Waals surface area (Å²) in [5.41, 5.74) is 2.12. The molecule has 2 aromatic rings. The summed E-state index contributed by atoms with van der Waals surface area (Å²) >= 11 is 0. The van der Waals surface area contributed by atoms with Gasteiger partial charge >= 0.3 is 23.1 Å². The van der Waals surface area contributed by atoms with Gasteiger partial charge in [-0.25, -0.2) is 4.98 Å². The Balaban J connectivity index is -0.0000001000. The zero-order chi connectivity index (χ0) is 6.10. The summed E-state index contributed by atoms with van der Waals surface area (Å²) in [5.74, 6) is 0. The summed E-state index contributed by atoms with van der Waals surface area (Å²) in [6.07, 6.45) is 1.70. The number of aromatic nitrogens is 2. The van der Waals surface area contributed by atoms with E-state index in [-0.39, 0.29) is 36.9 Å². The Hall–Kier alpha value is -0.624. The molecule has 0 saturated carbocycles. The van der Waals surface area contributed by atoms with Crippen LogP contribution in [0.1, 0.15) is 2.85 Å². The van der Waals surface area contributed by atoms with E-state index < -0.39 is 0 Å². The number of hydrogen-bond donors (Lipinski definition) is 1. The van der Waals surface area contributed by atoms with E-state index in [1.165, 1.54) is 0 Å². The van der Waals surface area contributed by atoms with Gasteiger partial charge in [0, 0.05) is 0 Å². The van der Waals surface area contributed by atoms with E-state index in [9.17, 15) is 0 Å². The number of aromatic amines is 1. The second kappa shape index (κ2) is 5.96. The van der Waals surface area contributed by atoms with Crippen molar-refractivity contribution in [3.63, 3.8) is 0 Å². The van der Waals surface area contributed by atoms with E-state index in [0.29, 0.717) is 0 Å². The van der Waals surface area contributed by atoms with Crippen LogP contribution < -0.4 is 0 Å². The topological polar surface area (TPSA) is 91.7 Å². The van der Waals surface area contributed by atoms with E-state index in [2.05, 4.69) is 9.97 Å². The largest absolute Gasteiger partial charge is 2.00 e. The molecule has 1 aromatic carbocycles. The Morgan fingerprint density at radius 1 is 1.17 bits per heavy atom. The van der Waals surface area contributed by atoms with Crippen LogP contribution in [0, 0.1) is 0 Å². The number of fused-ring (bicyclic) bond motifs is 1. The minimum absolute atomic E-state index is 0. The maximum atomic E-state index is 4.06. The molecule has 0 radical (unpaired) electrons. The van der Waals surface area contributed by atoms with Gasteiger partial charge in [0.1, 0.15) is 0 Å². The molecular formula is C7H12MgN2O2. The first kappa shape index (κ1) is 13.9. The van der Waals surface area contributed by atoms with Gasteiger partial charge in [-0.3, -0.25) is 0 Å². The molecule has 0 saturated heterocycles. The normalized spacial score (nSPS) is 7.67. The van der Waals surface area contributed by atoms with E-state index in [0.717, 1.165) is 11.0 Å². The fourth-order valence-electron chi connectivity index (χ4n) is 0.880. The van der Waals surface area contributed by atoms with Crippen LogP contribution in [0.4, 0.5) is 0 Å². The third kappa shape index (κ3) is 2.45. The zero-order valence-corrected chi connectivity index (χ0v) is 7.96. The fourth-order valence-corrected chi connectivity index (χ4v) is 0.880. The maximum Gasteiger partial charge on any atom is 2.00 e. The van der Waals surface area contributed by atoms with Crippen molar-refractivity contribution in [3.05, 3.63) is 30.6 Å². The van der Waals surface area contributed by atoms with Crippen molar-refractivity contribution in [2.45, 2.75) is 0 Å². The minimum Gasteiger partial charge on any atom is -1.00 e. The Labute approximate surface area is 88.7 Å². The molecule has 0 aliphatic rings. The molecule has 0 spiro atoms. The molecule has 2 rings (SSSR count). The van der Waals surface area contributed by atoms with E-state index in [1.54, 1.807) is 6.33 Å². The molecule has 0 fully saturated rings. The third-order valence-electron chi connectivity index (χ3n) is 1.33. The Morgan fingerprint density at radius 3 is 2.50 bits per heavy atom. The van der Waals surface area contributed by atoms with Crippen LogP contribution in [0.2, 0.25) is 0 Å². The summed E-state index contributed by atoms with van der Waals surface area (Å²) in [4.78, 5) is 7.07. The zero-order valence-electron chi connectivity index (χ0n) is 8.54. The van der Waals surface area contributed by atoms with E-state index >= 15 is 0 Å². The molecule has 64 valence electrons. The summed E-state index contributed by atoms with van der Waals surface area (Å²) < 4.78 is 0. The summed E-state index contributed by atoms with van der Waals surface area (Å²) in [5, 5.41) is 0. The van der Waals surface area contributed by atoms with Crippen LogP contribution in [-0.4, -0.2) is 44.0 Å². The minimum atomic E-state index is 0. The van der Waals surface area contributed by atoms with Crippen molar-refractivity contribution < 1.29 is 13.8 Å². The van der Waals surface area contributed by atoms with Crippen LogP contribution >= 0.6 is 0 Å². The van der Waals surface area contributed by atoms with Crippen molar-refractivity contribution in [1.29, 1.82) is 0 Å². The molecule has 0 bridgehead atoms. The number of para-hydroxylation sites is 2. The average Bonchev–Trinajstić information content (AvgIpc) is 2.33. The first-order chi connectivity index (χ1) is 4.47. The Morgan fingerprint density at radius 2 is 1.83 bits per heavy atom. The molecule has 5 heteroatoms. The van der Waals surface area contributed by atoms with Crippen molar-refractivity contribution >= 4 is 34.1 Å². The molecule has 0 amide bonds. The molecule has 0 atom stereocenters. The molecule has 0 unspecified atom stereocenters. The quantitative estimate of drug-likeness (QED) is 0.557. The molecule has 4 nitrogen and oxygen atoms in total. The summed E-state index contributed by atoms with van der Waals surface area (Å²) in [6.45, 7) is 0. The van der Waals surface area contributed by atoms with Crippen LogP contribution in [0.25, 0.3) is 11.0 Å². The predicted molar refractivity (Wildman–Crippen MR) is 51.3 cm³/mol. The van der Waals surface area contributed by atoms with Gasteiger partial charge in [0.2, 0.25) is 0 Å². The number of benzene rings is 1. The van der Waals surface area contributed by atoms with Crippen LogP contribution in [0.15, 0.2) is 30.6 Å². The summed E-state index contributed by atoms with van der Waals surface area (Å²) in [6, 6.07) is 7.94. The number of hydrogen-bond acceptors (Lipinski definition) is 1. The number of rotatable bonds is 0. The number of nitrogens with zero attached hydrogens (tertiary/aromatic N) is 1. The first-order valence-corrected chi connectivity index (χ1v) is 2.85. The van der Waals surface area contributed by atoms with Gasteiger partial charge in [0.05, 0.1) is 17.4 Å². The summed E-state index contributed by atoms with van der Waals surface area (Å²) in [7, 11) is 0. The van der Waals surface area contributed by atoms with E-state index in [4.69, 9.17) is 0 Å². The smallest absolute Gasteiger partial charge is 1.00 e. The van der Waals surface area contributed by atoms with Crippen molar-refractivity contribution in [2.75, 3.05) is 0 Å². The van der Waals surface area contributed by atoms with Crippen LogP contribution in [0.3, 0.4) is 0 Å². The molecule has 1 aromatic heterocycles. The fraction of sp³-hybridized carbons (Fsp3) is 0. The standard InChI is InChI=1S/C7H6N2.Mg.2H2O.2H/c1-2-4-7-6(3-1)8-5-9-7;;;;;/h1-5H,(H,8,9);;2*1H2;;/q;+2;;;2*-1. The Bertz CT molecular complexity index is 302. The van der Waals surface area contributed by atoms with Gasteiger partial charge in [-0.15, -0.1) is 0 Å². The number of nitrogens with one attached hydrogen (secondary N) is 1. The molecule has 1 heterocycles. The molecule has 12 heavy (non-hydrogen) atoms. The van der Waals surface area contributed by atoms with Crippen LogP contribution in [0.5, 0.6) is 0 Å². The monoisotopic (exact) mass is 180 g/mol. The SMILES string of the molecule is O.O.[H-].[H-].[Mg+2].c1ccc2[nH]cnc2c1.